The number of hydrogen-bond donors (Lipinski definition) is 2. The second kappa shape index (κ2) is 10.9. The minimum Gasteiger partial charge on any atom is -0.352 e. The molecule has 0 fully saturated rings. The first-order valence-corrected chi connectivity index (χ1v) is 11.5. The van der Waals surface area contributed by atoms with Gasteiger partial charge in [-0.25, -0.2) is 4.98 Å². The lowest BCUT2D eigenvalue weighted by atomic mass is 10.1. The van der Waals surface area contributed by atoms with E-state index in [0.29, 0.717) is 29.8 Å². The predicted molar refractivity (Wildman–Crippen MR) is 123 cm³/mol. The number of hydrogen-bond acceptors (Lipinski definition) is 4. The first kappa shape index (κ1) is 22.7. The van der Waals surface area contributed by atoms with Crippen molar-refractivity contribution in [1.82, 2.24) is 19.3 Å². The van der Waals surface area contributed by atoms with Crippen LogP contribution in [-0.4, -0.2) is 26.4 Å². The van der Waals surface area contributed by atoms with Crippen molar-refractivity contribution in [2.75, 3.05) is 6.54 Å². The Morgan fingerprint density at radius 1 is 1.06 bits per heavy atom. The van der Waals surface area contributed by atoms with Gasteiger partial charge in [-0.3, -0.25) is 19.4 Å². The molecular weight excluding hydrogens is 390 g/mol. The molecule has 0 aliphatic rings. The first-order valence-electron chi connectivity index (χ1n) is 11.5. The van der Waals surface area contributed by atoms with Gasteiger partial charge in [0.1, 0.15) is 16.8 Å². The summed E-state index contributed by atoms with van der Waals surface area (Å²) in [6.45, 7) is 5.38. The molecule has 2 N–H and O–H groups in total. The summed E-state index contributed by atoms with van der Waals surface area (Å²) in [5.74, 6) is -0.303. The van der Waals surface area contributed by atoms with Crippen LogP contribution >= 0.6 is 0 Å². The molecule has 166 valence electrons. The minimum absolute atomic E-state index is 0.105. The molecule has 0 saturated carbocycles. The number of amides is 1. The average molecular weight is 424 g/mol. The molecule has 0 unspecified atom stereocenters. The predicted octanol–water partition coefficient (Wildman–Crippen LogP) is 4.02. The van der Waals surface area contributed by atoms with E-state index in [4.69, 9.17) is 5.41 Å². The SMILES string of the molecule is CCCCCCCCNC(=O)c1cc2c(=O)n3ccccc3nc2n(CCCC)c1=N. The van der Waals surface area contributed by atoms with Crippen molar-refractivity contribution in [2.45, 2.75) is 71.8 Å². The highest BCUT2D eigenvalue weighted by Crippen LogP contribution is 2.11. The number of nitrogens with zero attached hydrogens (tertiary/aromatic N) is 3. The van der Waals surface area contributed by atoms with Crippen molar-refractivity contribution in [3.63, 3.8) is 0 Å². The van der Waals surface area contributed by atoms with E-state index in [0.717, 1.165) is 25.7 Å². The number of pyridine rings is 2. The largest absolute Gasteiger partial charge is 0.352 e. The topological polar surface area (TPSA) is 92.2 Å². The maximum Gasteiger partial charge on any atom is 0.267 e. The van der Waals surface area contributed by atoms with E-state index in [2.05, 4.69) is 24.1 Å². The van der Waals surface area contributed by atoms with Crippen LogP contribution in [0.3, 0.4) is 0 Å². The fourth-order valence-electron chi connectivity index (χ4n) is 3.80. The van der Waals surface area contributed by atoms with E-state index in [1.54, 1.807) is 22.9 Å². The smallest absolute Gasteiger partial charge is 0.267 e. The van der Waals surface area contributed by atoms with Crippen LogP contribution in [0.4, 0.5) is 0 Å². The van der Waals surface area contributed by atoms with Crippen LogP contribution < -0.4 is 16.4 Å². The van der Waals surface area contributed by atoms with Gasteiger partial charge in [0.05, 0.1) is 10.9 Å². The van der Waals surface area contributed by atoms with E-state index in [-0.39, 0.29) is 22.5 Å². The third kappa shape index (κ3) is 5.21. The number of unbranched alkanes of at least 4 members (excludes halogenated alkanes) is 6. The Hall–Kier alpha value is -2.96. The molecule has 0 aliphatic heterocycles. The van der Waals surface area contributed by atoms with E-state index in [9.17, 15) is 9.59 Å². The molecule has 7 heteroatoms. The summed E-state index contributed by atoms with van der Waals surface area (Å²) in [5.41, 5.74) is 1.10. The second-order valence-electron chi connectivity index (χ2n) is 8.02. The van der Waals surface area contributed by atoms with Crippen molar-refractivity contribution < 1.29 is 4.79 Å². The monoisotopic (exact) mass is 423 g/mol. The van der Waals surface area contributed by atoms with Gasteiger partial charge < -0.3 is 9.88 Å². The number of aryl methyl sites for hydroxylation is 1. The fourth-order valence-corrected chi connectivity index (χ4v) is 3.80. The van der Waals surface area contributed by atoms with Gasteiger partial charge in [0.2, 0.25) is 0 Å². The molecule has 31 heavy (non-hydrogen) atoms. The Morgan fingerprint density at radius 3 is 2.58 bits per heavy atom. The number of carbonyl (C=O) groups excluding carboxylic acids is 1. The third-order valence-electron chi connectivity index (χ3n) is 5.61. The molecule has 0 saturated heterocycles. The van der Waals surface area contributed by atoms with E-state index < -0.39 is 0 Å². The minimum atomic E-state index is -0.303. The summed E-state index contributed by atoms with van der Waals surface area (Å²) in [7, 11) is 0. The number of carbonyl (C=O) groups is 1. The van der Waals surface area contributed by atoms with Crippen LogP contribution in [0.2, 0.25) is 0 Å². The van der Waals surface area contributed by atoms with Crippen molar-refractivity contribution in [3.05, 3.63) is 51.9 Å². The van der Waals surface area contributed by atoms with Gasteiger partial charge >= 0.3 is 0 Å². The van der Waals surface area contributed by atoms with Gasteiger partial charge in [0.15, 0.2) is 0 Å². The summed E-state index contributed by atoms with van der Waals surface area (Å²) in [6.07, 6.45) is 10.3. The van der Waals surface area contributed by atoms with Crippen LogP contribution in [-0.2, 0) is 6.54 Å². The molecule has 0 aliphatic carbocycles. The Kier molecular flexibility index (Phi) is 7.98. The molecule has 1 amide bonds. The highest BCUT2D eigenvalue weighted by Gasteiger charge is 2.17. The number of nitrogens with one attached hydrogen (secondary N) is 2. The van der Waals surface area contributed by atoms with E-state index in [1.165, 1.54) is 36.2 Å². The van der Waals surface area contributed by atoms with Crippen LogP contribution in [0.5, 0.6) is 0 Å². The second-order valence-corrected chi connectivity index (χ2v) is 8.02. The highest BCUT2D eigenvalue weighted by molar-refractivity contribution is 5.96. The number of aromatic nitrogens is 3. The molecular formula is C24H33N5O2. The zero-order valence-electron chi connectivity index (χ0n) is 18.6. The molecule has 7 nitrogen and oxygen atoms in total. The Balaban J connectivity index is 1.92. The zero-order valence-corrected chi connectivity index (χ0v) is 18.6. The molecule has 0 atom stereocenters. The highest BCUT2D eigenvalue weighted by atomic mass is 16.1. The Labute approximate surface area is 182 Å². The van der Waals surface area contributed by atoms with Gasteiger partial charge in [-0.15, -0.1) is 0 Å². The van der Waals surface area contributed by atoms with Gasteiger partial charge in [0, 0.05) is 19.3 Å². The van der Waals surface area contributed by atoms with Gasteiger partial charge in [-0.2, -0.15) is 0 Å². The van der Waals surface area contributed by atoms with Crippen LogP contribution in [0.1, 0.15) is 75.6 Å². The normalized spacial score (nSPS) is 11.3. The summed E-state index contributed by atoms with van der Waals surface area (Å²) in [5, 5.41) is 12.0. The fraction of sp³-hybridized carbons (Fsp3) is 0.500. The lowest BCUT2D eigenvalue weighted by Crippen LogP contribution is -2.35. The van der Waals surface area contributed by atoms with Crippen molar-refractivity contribution in [1.29, 1.82) is 5.41 Å². The molecule has 3 heterocycles. The first-order chi connectivity index (χ1) is 15.1. The maximum atomic E-state index is 13.1. The zero-order chi connectivity index (χ0) is 22.2. The molecule has 0 bridgehead atoms. The summed E-state index contributed by atoms with van der Waals surface area (Å²) < 4.78 is 3.18. The quantitative estimate of drug-likeness (QED) is 0.360. The molecule has 0 radical (unpaired) electrons. The summed E-state index contributed by atoms with van der Waals surface area (Å²) in [6, 6.07) is 6.91. The van der Waals surface area contributed by atoms with Crippen molar-refractivity contribution in [2.24, 2.45) is 0 Å². The maximum absolute atomic E-state index is 13.1. The van der Waals surface area contributed by atoms with Crippen LogP contribution in [0.25, 0.3) is 16.7 Å². The molecule has 3 rings (SSSR count). The van der Waals surface area contributed by atoms with Crippen molar-refractivity contribution in [3.8, 4) is 0 Å². The van der Waals surface area contributed by atoms with Crippen LogP contribution in [0.15, 0.2) is 35.3 Å². The van der Waals surface area contributed by atoms with E-state index in [1.807, 2.05) is 6.07 Å². The summed E-state index contributed by atoms with van der Waals surface area (Å²) >= 11 is 0. The van der Waals surface area contributed by atoms with Gasteiger partial charge in [-0.05, 0) is 31.0 Å². The molecule has 3 aromatic rings. The van der Waals surface area contributed by atoms with Gasteiger partial charge in [-0.1, -0.05) is 58.4 Å². The molecule has 0 spiro atoms. The van der Waals surface area contributed by atoms with Crippen LogP contribution in [0, 0.1) is 5.41 Å². The van der Waals surface area contributed by atoms with E-state index >= 15 is 0 Å². The number of rotatable bonds is 11. The molecule has 0 aromatic carbocycles. The van der Waals surface area contributed by atoms with Crippen molar-refractivity contribution >= 4 is 22.6 Å². The Morgan fingerprint density at radius 2 is 1.81 bits per heavy atom. The standard InChI is InChI=1S/C24H33N5O2/c1-3-5-7-8-9-11-14-26-23(30)18-17-19-22(29(21(18)25)15-6-4-2)27-20-13-10-12-16-28(20)24(19)31/h10,12-13,16-17,25H,3-9,11,14-15H2,1-2H3,(H,26,30). The Bertz CT molecular complexity index is 1160. The third-order valence-corrected chi connectivity index (χ3v) is 5.61. The summed E-state index contributed by atoms with van der Waals surface area (Å²) in [4.78, 5) is 30.6. The lowest BCUT2D eigenvalue weighted by Gasteiger charge is -2.14. The number of fused-ring (bicyclic) bond motifs is 2. The van der Waals surface area contributed by atoms with Gasteiger partial charge in [0.25, 0.3) is 11.5 Å². The average Bonchev–Trinajstić information content (AvgIpc) is 2.78. The lowest BCUT2D eigenvalue weighted by molar-refractivity contribution is 0.0950. The molecule has 3 aromatic heterocycles.